The van der Waals surface area contributed by atoms with Crippen molar-refractivity contribution < 1.29 is 32.0 Å². The lowest BCUT2D eigenvalue weighted by atomic mass is 10.1. The molecule has 1 N–H and O–H groups in total. The Morgan fingerprint density at radius 3 is 2.30 bits per heavy atom. The summed E-state index contributed by atoms with van der Waals surface area (Å²) in [7, 11) is -1.76. The van der Waals surface area contributed by atoms with Crippen LogP contribution in [-0.4, -0.2) is 27.7 Å². The molecular weight excluding hydrogens is 468 g/mol. The van der Waals surface area contributed by atoms with Crippen molar-refractivity contribution in [2.45, 2.75) is 9.79 Å². The first-order valence-corrected chi connectivity index (χ1v) is 11.6. The minimum atomic E-state index is -4.11. The lowest BCUT2D eigenvalue weighted by Gasteiger charge is -2.11. The van der Waals surface area contributed by atoms with Gasteiger partial charge in [-0.15, -0.1) is 14.6 Å². The molecule has 0 aliphatic heterocycles. The van der Waals surface area contributed by atoms with E-state index in [1.165, 1.54) is 13.2 Å². The summed E-state index contributed by atoms with van der Waals surface area (Å²) in [6, 6.07) is 19.0. The van der Waals surface area contributed by atoms with Gasteiger partial charge in [0.2, 0.25) is 0 Å². The Labute approximate surface area is 193 Å². The highest BCUT2D eigenvalue weighted by molar-refractivity contribution is 7.94. The fourth-order valence-corrected chi connectivity index (χ4v) is 4.83. The molecule has 0 amide bonds. The highest BCUT2D eigenvalue weighted by atomic mass is 32.2. The molecule has 0 aliphatic carbocycles. The number of phenolic OH excluding ortho intramolecular Hbond substituents is 1. The second-order valence-electron chi connectivity index (χ2n) is 6.63. The lowest BCUT2D eigenvalue weighted by Crippen LogP contribution is -2.04. The Balaban J connectivity index is 1.89. The molecule has 0 atom stereocenters. The van der Waals surface area contributed by atoms with Crippen molar-refractivity contribution in [3.63, 3.8) is 0 Å². The van der Waals surface area contributed by atoms with Crippen molar-refractivity contribution >= 4 is 55.1 Å². The first kappa shape index (κ1) is 23.1. The Kier molecular flexibility index (Phi) is 6.88. The molecular formula is C22H18N2O7S2. The fourth-order valence-electron chi connectivity index (χ4n) is 3.29. The zero-order valence-corrected chi connectivity index (χ0v) is 19.1. The zero-order valence-electron chi connectivity index (χ0n) is 17.5. The standard InChI is InChI=1S/C22H18N2O7S2/c1-28-30-31-32-19-13-15-8-4-5-9-16(15)21(25)20(19)24-23-18-12-11-14-7-3-6-10-17(14)22(18)33(26,27)29-2/h3-13,25H,1-2H3. The van der Waals surface area contributed by atoms with Crippen LogP contribution in [-0.2, 0) is 28.6 Å². The molecule has 0 aromatic heterocycles. The van der Waals surface area contributed by atoms with Crippen molar-refractivity contribution in [3.05, 3.63) is 66.7 Å². The fraction of sp³-hybridized carbons (Fsp3) is 0.0909. The first-order chi connectivity index (χ1) is 16.0. The predicted molar refractivity (Wildman–Crippen MR) is 123 cm³/mol. The molecule has 33 heavy (non-hydrogen) atoms. The number of azo groups is 1. The van der Waals surface area contributed by atoms with E-state index >= 15 is 0 Å². The molecule has 4 rings (SSSR count). The molecule has 4 aromatic rings. The summed E-state index contributed by atoms with van der Waals surface area (Å²) in [6.45, 7) is 0. The van der Waals surface area contributed by atoms with Crippen LogP contribution in [0, 0.1) is 0 Å². The Hall–Kier alpha value is -3.06. The van der Waals surface area contributed by atoms with E-state index in [0.29, 0.717) is 21.1 Å². The van der Waals surface area contributed by atoms with Gasteiger partial charge in [-0.3, -0.25) is 4.18 Å². The molecule has 9 nitrogen and oxygen atoms in total. The Morgan fingerprint density at radius 2 is 1.58 bits per heavy atom. The highest BCUT2D eigenvalue weighted by Gasteiger charge is 2.22. The van der Waals surface area contributed by atoms with Crippen LogP contribution >= 0.6 is 12.0 Å². The number of aromatic hydroxyl groups is 1. The van der Waals surface area contributed by atoms with Gasteiger partial charge in [0.1, 0.15) is 16.3 Å². The average Bonchev–Trinajstić information content (AvgIpc) is 2.83. The van der Waals surface area contributed by atoms with Crippen LogP contribution in [0.3, 0.4) is 0 Å². The number of benzene rings is 4. The van der Waals surface area contributed by atoms with E-state index in [4.69, 9.17) is 8.52 Å². The van der Waals surface area contributed by atoms with Gasteiger partial charge in [0.05, 0.1) is 31.2 Å². The molecule has 11 heteroatoms. The van der Waals surface area contributed by atoms with Crippen LogP contribution in [0.1, 0.15) is 0 Å². The third kappa shape index (κ3) is 4.69. The van der Waals surface area contributed by atoms with E-state index in [2.05, 4.69) is 20.2 Å². The Morgan fingerprint density at radius 1 is 0.879 bits per heavy atom. The largest absolute Gasteiger partial charge is 0.505 e. The summed E-state index contributed by atoms with van der Waals surface area (Å²) in [5, 5.41) is 26.1. The van der Waals surface area contributed by atoms with E-state index in [1.54, 1.807) is 48.5 Å². The maximum absolute atomic E-state index is 12.7. The second-order valence-corrected chi connectivity index (χ2v) is 9.03. The molecule has 0 fully saturated rings. The summed E-state index contributed by atoms with van der Waals surface area (Å²) in [5.41, 5.74) is 0.112. The number of nitrogens with zero attached hydrogens (tertiary/aromatic N) is 2. The molecule has 0 saturated heterocycles. The van der Waals surface area contributed by atoms with E-state index in [1.807, 2.05) is 12.1 Å². The van der Waals surface area contributed by atoms with Gasteiger partial charge in [-0.1, -0.05) is 59.6 Å². The van der Waals surface area contributed by atoms with Crippen molar-refractivity contribution in [1.29, 1.82) is 0 Å². The van der Waals surface area contributed by atoms with Crippen molar-refractivity contribution in [3.8, 4) is 5.75 Å². The summed E-state index contributed by atoms with van der Waals surface area (Å²) in [5.74, 6) is -0.155. The zero-order chi connectivity index (χ0) is 23.4. The van der Waals surface area contributed by atoms with Gasteiger partial charge in [-0.25, -0.2) is 4.89 Å². The van der Waals surface area contributed by atoms with Gasteiger partial charge >= 0.3 is 0 Å². The third-order valence-electron chi connectivity index (χ3n) is 4.77. The van der Waals surface area contributed by atoms with E-state index in [-0.39, 0.29) is 22.0 Å². The van der Waals surface area contributed by atoms with Crippen LogP contribution in [0.4, 0.5) is 11.4 Å². The van der Waals surface area contributed by atoms with Crippen LogP contribution in [0.5, 0.6) is 5.75 Å². The minimum Gasteiger partial charge on any atom is -0.505 e. The maximum atomic E-state index is 12.7. The third-order valence-corrected chi connectivity index (χ3v) is 6.75. The van der Waals surface area contributed by atoms with E-state index < -0.39 is 10.1 Å². The van der Waals surface area contributed by atoms with Gasteiger partial charge < -0.3 is 5.11 Å². The van der Waals surface area contributed by atoms with Gasteiger partial charge in [-0.2, -0.15) is 8.42 Å². The predicted octanol–water partition coefficient (Wildman–Crippen LogP) is 5.97. The van der Waals surface area contributed by atoms with Crippen LogP contribution < -0.4 is 0 Å². The van der Waals surface area contributed by atoms with Crippen molar-refractivity contribution in [1.82, 2.24) is 0 Å². The smallest absolute Gasteiger partial charge is 0.299 e. The Bertz CT molecular complexity index is 1460. The number of hydrogen-bond donors (Lipinski definition) is 1. The summed E-state index contributed by atoms with van der Waals surface area (Å²) in [4.78, 5) is 4.66. The van der Waals surface area contributed by atoms with Crippen LogP contribution in [0.25, 0.3) is 21.5 Å². The second kappa shape index (κ2) is 9.83. The van der Waals surface area contributed by atoms with E-state index in [0.717, 1.165) is 24.5 Å². The molecule has 4 aromatic carbocycles. The van der Waals surface area contributed by atoms with Crippen LogP contribution in [0.2, 0.25) is 0 Å². The summed E-state index contributed by atoms with van der Waals surface area (Å²) >= 11 is 0.749. The molecule has 0 heterocycles. The summed E-state index contributed by atoms with van der Waals surface area (Å²) < 4.78 is 35.1. The van der Waals surface area contributed by atoms with Crippen molar-refractivity contribution in [2.24, 2.45) is 10.2 Å². The minimum absolute atomic E-state index is 0.0492. The van der Waals surface area contributed by atoms with Gasteiger partial charge in [-0.05, 0) is 22.9 Å². The van der Waals surface area contributed by atoms with Gasteiger partial charge in [0.15, 0.2) is 5.75 Å². The normalized spacial score (nSPS) is 12.2. The summed E-state index contributed by atoms with van der Waals surface area (Å²) in [6.07, 6.45) is 0. The molecule has 0 aliphatic rings. The lowest BCUT2D eigenvalue weighted by molar-refractivity contribution is -0.447. The molecule has 0 spiro atoms. The highest BCUT2D eigenvalue weighted by Crippen LogP contribution is 2.44. The number of phenols is 1. The van der Waals surface area contributed by atoms with Gasteiger partial charge in [0, 0.05) is 10.8 Å². The molecule has 0 bridgehead atoms. The van der Waals surface area contributed by atoms with Gasteiger partial charge in [0.25, 0.3) is 10.1 Å². The monoisotopic (exact) mass is 486 g/mol. The topological polar surface area (TPSA) is 116 Å². The van der Waals surface area contributed by atoms with Crippen molar-refractivity contribution in [2.75, 3.05) is 14.2 Å². The number of fused-ring (bicyclic) bond motifs is 2. The number of rotatable bonds is 8. The number of hydrogen-bond acceptors (Lipinski definition) is 10. The van der Waals surface area contributed by atoms with Crippen LogP contribution in [0.15, 0.2) is 86.7 Å². The quantitative estimate of drug-likeness (QED) is 0.0809. The SMILES string of the molecule is COOOSc1cc2ccccc2c(O)c1N=Nc1ccc2ccccc2c1S(=O)(=O)OC. The molecule has 0 radical (unpaired) electrons. The first-order valence-electron chi connectivity index (χ1n) is 9.49. The molecule has 0 saturated carbocycles. The molecule has 170 valence electrons. The average molecular weight is 487 g/mol. The molecule has 0 unspecified atom stereocenters. The maximum Gasteiger partial charge on any atom is 0.299 e. The van der Waals surface area contributed by atoms with E-state index in [9.17, 15) is 13.5 Å².